The van der Waals surface area contributed by atoms with Crippen molar-refractivity contribution in [2.24, 2.45) is 0 Å². The number of benzene rings is 2. The molecular weight excluding hydrogens is 501 g/mol. The van der Waals surface area contributed by atoms with Gasteiger partial charge in [-0.05, 0) is 48.8 Å². The zero-order valence-electron chi connectivity index (χ0n) is 22.1. The Morgan fingerprint density at radius 1 is 1.15 bits per heavy atom. The Balaban J connectivity index is 1.41. The van der Waals surface area contributed by atoms with Crippen LogP contribution in [0.5, 0.6) is 11.8 Å². The number of ether oxygens (including phenoxy) is 1. The van der Waals surface area contributed by atoms with Crippen LogP contribution in [-0.4, -0.2) is 64.5 Å². The van der Waals surface area contributed by atoms with Crippen LogP contribution in [0.3, 0.4) is 0 Å². The van der Waals surface area contributed by atoms with Gasteiger partial charge in [0.25, 0.3) is 5.91 Å². The standard InChI is InChI=1S/C29H34FN5O4/c1-2-21-22(30)8-7-17-11-19(36)13-24(25(17)21)35-15-23-26(28(35)38)27(34-9-5-3-4-6-10-34)33-29(32-23)39-16-18-12-20(37)14-31-18/h7-8,11,13,18,20,31,36-37H,2-6,9-10,12,14-16H2,1H3. The number of phenolic OH excluding ortho intramolecular Hbond substituents is 1. The second kappa shape index (κ2) is 10.6. The number of aryl methyl sites for hydroxylation is 1. The maximum Gasteiger partial charge on any atom is 0.318 e. The number of carbonyl (C=O) groups excluding carboxylic acids is 1. The lowest BCUT2D eigenvalue weighted by atomic mass is 9.99. The molecule has 0 aliphatic carbocycles. The molecule has 9 nitrogen and oxygen atoms in total. The molecule has 2 atom stereocenters. The number of amides is 1. The second-order valence-electron chi connectivity index (χ2n) is 10.7. The molecule has 3 aromatic rings. The van der Waals surface area contributed by atoms with E-state index >= 15 is 0 Å². The number of aromatic nitrogens is 2. The molecule has 39 heavy (non-hydrogen) atoms. The molecule has 206 valence electrons. The molecule has 3 aliphatic rings. The summed E-state index contributed by atoms with van der Waals surface area (Å²) in [6.07, 6.45) is 4.91. The van der Waals surface area contributed by atoms with Gasteiger partial charge in [-0.15, -0.1) is 0 Å². The van der Waals surface area contributed by atoms with Gasteiger partial charge in [0.1, 0.15) is 29.6 Å². The van der Waals surface area contributed by atoms with E-state index in [1.807, 2.05) is 6.92 Å². The summed E-state index contributed by atoms with van der Waals surface area (Å²) in [6.45, 7) is 4.44. The number of nitrogens with zero attached hydrogens (tertiary/aromatic N) is 4. The van der Waals surface area contributed by atoms with E-state index in [0.717, 1.165) is 38.8 Å². The monoisotopic (exact) mass is 535 g/mol. The Bertz CT molecular complexity index is 1410. The van der Waals surface area contributed by atoms with Gasteiger partial charge in [0.2, 0.25) is 0 Å². The number of carbonyl (C=O) groups is 1. The number of aliphatic hydroxyl groups excluding tert-OH is 1. The fraction of sp³-hybridized carbons (Fsp3) is 0.483. The Labute approximate surface area is 226 Å². The van der Waals surface area contributed by atoms with E-state index in [-0.39, 0.29) is 36.1 Å². The van der Waals surface area contributed by atoms with Gasteiger partial charge >= 0.3 is 6.01 Å². The Kier molecular flexibility index (Phi) is 6.99. The predicted octanol–water partition coefficient (Wildman–Crippen LogP) is 3.68. The van der Waals surface area contributed by atoms with Crippen LogP contribution >= 0.6 is 0 Å². The number of β-amino-alcohol motifs (C(OH)–C–C–N with tert-alkyl or cyclic N) is 1. The van der Waals surface area contributed by atoms with E-state index < -0.39 is 6.10 Å². The lowest BCUT2D eigenvalue weighted by Gasteiger charge is -2.24. The fourth-order valence-corrected chi connectivity index (χ4v) is 6.07. The number of nitrogens with one attached hydrogen (secondary N) is 1. The van der Waals surface area contributed by atoms with Crippen molar-refractivity contribution < 1.29 is 24.1 Å². The molecule has 0 saturated carbocycles. The molecule has 2 saturated heterocycles. The zero-order chi connectivity index (χ0) is 27.1. The van der Waals surface area contributed by atoms with E-state index in [1.165, 1.54) is 12.1 Å². The SMILES string of the molecule is CCc1c(F)ccc2cc(O)cc(N3Cc4nc(OCC5CC(O)CN5)nc(N5CCCCCC5)c4C3=O)c12. The van der Waals surface area contributed by atoms with Gasteiger partial charge in [0, 0.05) is 37.1 Å². The lowest BCUT2D eigenvalue weighted by Crippen LogP contribution is -2.30. The largest absolute Gasteiger partial charge is 0.508 e. The number of hydrogen-bond acceptors (Lipinski definition) is 8. The molecule has 1 amide bonds. The van der Waals surface area contributed by atoms with Crippen LogP contribution in [-0.2, 0) is 13.0 Å². The molecule has 10 heteroatoms. The zero-order valence-corrected chi connectivity index (χ0v) is 22.1. The topological polar surface area (TPSA) is 111 Å². The molecule has 4 heterocycles. The third-order valence-corrected chi connectivity index (χ3v) is 8.01. The van der Waals surface area contributed by atoms with Crippen molar-refractivity contribution in [3.05, 3.63) is 46.9 Å². The first-order chi connectivity index (χ1) is 18.9. The molecule has 0 radical (unpaired) electrons. The average molecular weight is 536 g/mol. The molecule has 2 unspecified atom stereocenters. The number of anilines is 2. The quantitative estimate of drug-likeness (QED) is 0.439. The fourth-order valence-electron chi connectivity index (χ4n) is 6.07. The van der Waals surface area contributed by atoms with Crippen molar-refractivity contribution >= 4 is 28.2 Å². The first-order valence-corrected chi connectivity index (χ1v) is 13.9. The third kappa shape index (κ3) is 4.87. The summed E-state index contributed by atoms with van der Waals surface area (Å²) < 4.78 is 20.9. The van der Waals surface area contributed by atoms with E-state index in [1.54, 1.807) is 17.0 Å². The minimum absolute atomic E-state index is 0.00218. The highest BCUT2D eigenvalue weighted by atomic mass is 19.1. The first-order valence-electron chi connectivity index (χ1n) is 13.9. The van der Waals surface area contributed by atoms with Crippen LogP contribution in [0.4, 0.5) is 15.9 Å². The minimum Gasteiger partial charge on any atom is -0.508 e. The maximum atomic E-state index is 14.9. The van der Waals surface area contributed by atoms with Crippen molar-refractivity contribution in [3.63, 3.8) is 0 Å². The van der Waals surface area contributed by atoms with Crippen LogP contribution in [0.1, 0.15) is 60.6 Å². The van der Waals surface area contributed by atoms with Gasteiger partial charge < -0.3 is 30.1 Å². The molecule has 1 aromatic heterocycles. The van der Waals surface area contributed by atoms with Crippen molar-refractivity contribution in [3.8, 4) is 11.8 Å². The Hall–Kier alpha value is -3.50. The van der Waals surface area contributed by atoms with Gasteiger partial charge in [-0.3, -0.25) is 4.79 Å². The predicted molar refractivity (Wildman–Crippen MR) is 146 cm³/mol. The average Bonchev–Trinajstić information content (AvgIpc) is 3.36. The molecule has 3 aliphatic heterocycles. The van der Waals surface area contributed by atoms with Gasteiger partial charge in [-0.1, -0.05) is 25.8 Å². The highest BCUT2D eigenvalue weighted by molar-refractivity contribution is 6.16. The highest BCUT2D eigenvalue weighted by Crippen LogP contribution is 2.41. The Morgan fingerprint density at radius 3 is 2.67 bits per heavy atom. The maximum absolute atomic E-state index is 14.9. The molecule has 3 N–H and O–H groups in total. The summed E-state index contributed by atoms with van der Waals surface area (Å²) in [5, 5.41) is 24.9. The summed E-state index contributed by atoms with van der Waals surface area (Å²) in [4.78, 5) is 27.2. The summed E-state index contributed by atoms with van der Waals surface area (Å²) in [5.74, 6) is -0.0405. The first kappa shape index (κ1) is 25.8. The van der Waals surface area contributed by atoms with Gasteiger partial charge in [-0.2, -0.15) is 9.97 Å². The van der Waals surface area contributed by atoms with E-state index in [2.05, 4.69) is 15.2 Å². The molecule has 6 rings (SSSR count). The summed E-state index contributed by atoms with van der Waals surface area (Å²) in [7, 11) is 0. The normalized spacial score (nSPS) is 21.5. The minimum atomic E-state index is -0.395. The van der Waals surface area contributed by atoms with Crippen molar-refractivity contribution in [2.75, 3.05) is 36.0 Å². The van der Waals surface area contributed by atoms with Gasteiger partial charge in [0.05, 0.1) is 24.0 Å². The van der Waals surface area contributed by atoms with Crippen LogP contribution in [0.25, 0.3) is 10.8 Å². The van der Waals surface area contributed by atoms with Crippen molar-refractivity contribution in [1.29, 1.82) is 0 Å². The number of hydrogen-bond donors (Lipinski definition) is 3. The van der Waals surface area contributed by atoms with Crippen LogP contribution in [0, 0.1) is 5.82 Å². The third-order valence-electron chi connectivity index (χ3n) is 8.01. The van der Waals surface area contributed by atoms with Crippen molar-refractivity contribution in [2.45, 2.75) is 64.1 Å². The summed E-state index contributed by atoms with van der Waals surface area (Å²) >= 11 is 0. The van der Waals surface area contributed by atoms with Crippen LogP contribution < -0.4 is 19.9 Å². The lowest BCUT2D eigenvalue weighted by molar-refractivity contribution is 0.0997. The summed E-state index contributed by atoms with van der Waals surface area (Å²) in [6, 6.07) is 6.34. The Morgan fingerprint density at radius 2 is 1.95 bits per heavy atom. The molecule has 0 spiro atoms. The smallest absolute Gasteiger partial charge is 0.318 e. The number of aromatic hydroxyl groups is 1. The number of phenols is 1. The molecule has 0 bridgehead atoms. The second-order valence-corrected chi connectivity index (χ2v) is 10.7. The van der Waals surface area contributed by atoms with E-state index in [0.29, 0.717) is 65.1 Å². The number of rotatable bonds is 6. The van der Waals surface area contributed by atoms with Crippen molar-refractivity contribution in [1.82, 2.24) is 15.3 Å². The van der Waals surface area contributed by atoms with Crippen LogP contribution in [0.15, 0.2) is 24.3 Å². The van der Waals surface area contributed by atoms with Gasteiger partial charge in [0.15, 0.2) is 0 Å². The number of aliphatic hydroxyl groups is 1. The summed E-state index contributed by atoms with van der Waals surface area (Å²) in [5.41, 5.74) is 1.94. The molecule has 2 aromatic carbocycles. The number of fused-ring (bicyclic) bond motifs is 2. The van der Waals surface area contributed by atoms with E-state index in [9.17, 15) is 19.4 Å². The molecular formula is C29H34FN5O4. The number of halogens is 1. The van der Waals surface area contributed by atoms with Gasteiger partial charge in [-0.25, -0.2) is 4.39 Å². The molecule has 2 fully saturated rings. The highest BCUT2D eigenvalue weighted by Gasteiger charge is 2.37. The van der Waals surface area contributed by atoms with Crippen LogP contribution in [0.2, 0.25) is 0 Å². The van der Waals surface area contributed by atoms with E-state index in [4.69, 9.17) is 9.72 Å².